The van der Waals surface area contributed by atoms with Gasteiger partial charge in [-0.15, -0.1) is 0 Å². The molecule has 0 spiro atoms. The summed E-state index contributed by atoms with van der Waals surface area (Å²) in [7, 11) is 0. The van der Waals surface area contributed by atoms with Crippen molar-refractivity contribution in [3.05, 3.63) is 87.6 Å². The van der Waals surface area contributed by atoms with E-state index < -0.39 is 11.4 Å². The molecule has 40 heavy (non-hydrogen) atoms. The van der Waals surface area contributed by atoms with Gasteiger partial charge in [-0.1, -0.05) is 50.3 Å². The number of nitrogens with zero attached hydrogens (tertiary/aromatic N) is 3. The number of aromatic nitrogens is 3. The summed E-state index contributed by atoms with van der Waals surface area (Å²) in [6.07, 6.45) is 6.80. The smallest absolute Gasteiger partial charge is 0.303 e. The molecule has 0 amide bonds. The lowest BCUT2D eigenvalue weighted by atomic mass is 9.71. The van der Waals surface area contributed by atoms with Gasteiger partial charge in [-0.05, 0) is 76.0 Å². The van der Waals surface area contributed by atoms with Gasteiger partial charge in [0.2, 0.25) is 0 Å². The zero-order chi connectivity index (χ0) is 29.0. The summed E-state index contributed by atoms with van der Waals surface area (Å²) in [6.45, 7) is 10.0. The van der Waals surface area contributed by atoms with Gasteiger partial charge in [-0.2, -0.15) is 0 Å². The number of carboxylic acid groups (broad SMARTS) is 1. The maximum Gasteiger partial charge on any atom is 0.303 e. The van der Waals surface area contributed by atoms with Crippen molar-refractivity contribution in [2.24, 2.45) is 0 Å². The Morgan fingerprint density at radius 1 is 1.05 bits per heavy atom. The van der Waals surface area contributed by atoms with E-state index in [1.807, 2.05) is 58.0 Å². The van der Waals surface area contributed by atoms with E-state index in [1.165, 1.54) is 0 Å². The van der Waals surface area contributed by atoms with Crippen LogP contribution < -0.4 is 5.73 Å². The van der Waals surface area contributed by atoms with Gasteiger partial charge in [0.05, 0.1) is 11.1 Å². The first kappa shape index (κ1) is 29.1. The van der Waals surface area contributed by atoms with Crippen LogP contribution in [0, 0.1) is 13.8 Å². The highest BCUT2D eigenvalue weighted by atomic mass is 16.4. The minimum absolute atomic E-state index is 0.0449. The highest BCUT2D eigenvalue weighted by Crippen LogP contribution is 2.40. The van der Waals surface area contributed by atoms with E-state index in [0.717, 1.165) is 52.9 Å². The number of Topliss-reactive ketones (excluding diaryl/α,β-unsaturated/α-hetero) is 1. The third-order valence-corrected chi connectivity index (χ3v) is 8.06. The number of benzene rings is 1. The molecule has 0 radical (unpaired) electrons. The Kier molecular flexibility index (Phi) is 8.82. The number of hydrogen-bond acceptors (Lipinski definition) is 6. The van der Waals surface area contributed by atoms with E-state index in [2.05, 4.69) is 19.1 Å². The highest BCUT2D eigenvalue weighted by Gasteiger charge is 2.40. The van der Waals surface area contributed by atoms with Crippen LogP contribution in [0.3, 0.4) is 0 Å². The second-order valence-corrected chi connectivity index (χ2v) is 11.1. The maximum atomic E-state index is 13.8. The van der Waals surface area contributed by atoms with Crippen LogP contribution in [0.2, 0.25) is 0 Å². The van der Waals surface area contributed by atoms with Crippen LogP contribution in [-0.2, 0) is 21.4 Å². The zero-order valence-corrected chi connectivity index (χ0v) is 24.3. The number of rotatable bonds is 9. The van der Waals surface area contributed by atoms with Crippen molar-refractivity contribution in [2.75, 3.05) is 5.73 Å². The number of anilines is 1. The van der Waals surface area contributed by atoms with Crippen molar-refractivity contribution in [1.82, 2.24) is 15.0 Å². The molecule has 7 nitrogen and oxygen atoms in total. The molecule has 1 unspecified atom stereocenters. The fraction of sp³-hybridized carbons (Fsp3) is 0.424. The molecule has 1 aromatic carbocycles. The fourth-order valence-corrected chi connectivity index (χ4v) is 5.82. The Bertz CT molecular complexity index is 1420. The van der Waals surface area contributed by atoms with E-state index in [4.69, 9.17) is 25.8 Å². The van der Waals surface area contributed by atoms with Crippen LogP contribution in [0.4, 0.5) is 5.82 Å². The van der Waals surface area contributed by atoms with Crippen molar-refractivity contribution in [3.63, 3.8) is 0 Å². The van der Waals surface area contributed by atoms with Crippen molar-refractivity contribution in [3.8, 4) is 0 Å². The molecule has 3 aromatic rings. The Hall–Kier alpha value is -3.87. The fourth-order valence-electron chi connectivity index (χ4n) is 5.82. The van der Waals surface area contributed by atoms with Crippen molar-refractivity contribution >= 4 is 23.1 Å². The number of pyridine rings is 1. The molecule has 0 fully saturated rings. The summed E-state index contributed by atoms with van der Waals surface area (Å²) in [6, 6.07) is 11.7. The van der Waals surface area contributed by atoms with Crippen LogP contribution in [-0.4, -0.2) is 31.8 Å². The number of nitrogen functional groups attached to an aromatic ring is 1. The molecule has 7 heteroatoms. The average Bonchev–Trinajstić information content (AvgIpc) is 2.91. The van der Waals surface area contributed by atoms with Crippen molar-refractivity contribution in [2.45, 2.75) is 90.9 Å². The molecule has 0 bridgehead atoms. The number of hydrogen-bond donors (Lipinski definition) is 2. The molecule has 4 rings (SSSR count). The number of carbonyl (C=O) groups excluding carboxylic acids is 1. The normalized spacial score (nSPS) is 18.0. The average molecular weight is 541 g/mol. The molecule has 1 aliphatic carbocycles. The highest BCUT2D eigenvalue weighted by molar-refractivity contribution is 5.95. The number of fused-ring (bicyclic) bond motifs is 1. The first-order chi connectivity index (χ1) is 19.1. The zero-order valence-electron chi connectivity index (χ0n) is 24.3. The van der Waals surface area contributed by atoms with Gasteiger partial charge < -0.3 is 10.8 Å². The molecule has 2 aromatic heterocycles. The van der Waals surface area contributed by atoms with Crippen LogP contribution in [0.15, 0.2) is 42.5 Å². The second kappa shape index (κ2) is 12.1. The summed E-state index contributed by atoms with van der Waals surface area (Å²) in [5, 5.41) is 9.05. The molecule has 210 valence electrons. The SMILES string of the molecule is CCCC(=O)[C@@](C)(c1ccc(CCC(=O)O)cc1)c1c(C)nc(/C2=C\CCCC(C)c3nc(C)ccc32)nc1N. The molecule has 0 saturated heterocycles. The summed E-state index contributed by atoms with van der Waals surface area (Å²) in [5.74, 6) is 0.374. The lowest BCUT2D eigenvalue weighted by molar-refractivity contribution is -0.137. The minimum Gasteiger partial charge on any atom is -0.481 e. The molecular weight excluding hydrogens is 500 g/mol. The summed E-state index contributed by atoms with van der Waals surface area (Å²) in [4.78, 5) is 39.5. The molecule has 0 aliphatic heterocycles. The quantitative estimate of drug-likeness (QED) is 0.319. The number of ketones is 1. The topological polar surface area (TPSA) is 119 Å². The van der Waals surface area contributed by atoms with Crippen LogP contribution in [0.25, 0.3) is 5.57 Å². The van der Waals surface area contributed by atoms with Gasteiger partial charge in [-0.3, -0.25) is 14.6 Å². The van der Waals surface area contributed by atoms with Gasteiger partial charge >= 0.3 is 5.97 Å². The lowest BCUT2D eigenvalue weighted by Crippen LogP contribution is -2.36. The Morgan fingerprint density at radius 3 is 2.42 bits per heavy atom. The van der Waals surface area contributed by atoms with Gasteiger partial charge in [0.25, 0.3) is 0 Å². The first-order valence-electron chi connectivity index (χ1n) is 14.2. The van der Waals surface area contributed by atoms with Gasteiger partial charge in [0.1, 0.15) is 11.6 Å². The summed E-state index contributed by atoms with van der Waals surface area (Å²) < 4.78 is 0. The van der Waals surface area contributed by atoms with Gasteiger partial charge in [0.15, 0.2) is 5.82 Å². The molecule has 0 saturated carbocycles. The second-order valence-electron chi connectivity index (χ2n) is 11.1. The monoisotopic (exact) mass is 540 g/mol. The standard InChI is InChI=1S/C33H40N4O3/c1-6-9-27(38)33(5,24-16-13-23(14-17-24)15-19-28(39)40)29-22(4)36-32(37-31(29)34)26-11-8-7-10-20(2)30-25(26)18-12-21(3)35-30/h11-14,16-18,20H,6-10,15,19H2,1-5H3,(H,39,40)(H2,34,36,37)/b26-11-/t20?,33-/m1/s1. The lowest BCUT2D eigenvalue weighted by Gasteiger charge is -2.32. The number of aryl methyl sites for hydroxylation is 3. The van der Waals surface area contributed by atoms with Crippen molar-refractivity contribution in [1.29, 1.82) is 0 Å². The Morgan fingerprint density at radius 2 is 1.77 bits per heavy atom. The number of allylic oxidation sites excluding steroid dienone is 1. The van der Waals surface area contributed by atoms with Crippen LogP contribution >= 0.6 is 0 Å². The molecule has 2 heterocycles. The molecule has 3 N–H and O–H groups in total. The summed E-state index contributed by atoms with van der Waals surface area (Å²) >= 11 is 0. The van der Waals surface area contributed by atoms with E-state index in [-0.39, 0.29) is 12.2 Å². The van der Waals surface area contributed by atoms with E-state index >= 15 is 0 Å². The predicted molar refractivity (Wildman–Crippen MR) is 158 cm³/mol. The molecule has 1 aliphatic rings. The van der Waals surface area contributed by atoms with Crippen LogP contribution in [0.1, 0.15) is 110 Å². The Labute approximate surface area is 237 Å². The third-order valence-electron chi connectivity index (χ3n) is 8.06. The maximum absolute atomic E-state index is 13.8. The largest absolute Gasteiger partial charge is 0.481 e. The van der Waals surface area contributed by atoms with Gasteiger partial charge in [0, 0.05) is 40.9 Å². The van der Waals surface area contributed by atoms with E-state index in [1.54, 1.807) is 0 Å². The molecule has 2 atom stereocenters. The molecular formula is C33H40N4O3. The number of carbonyl (C=O) groups is 2. The number of aliphatic carboxylic acids is 1. The predicted octanol–water partition coefficient (Wildman–Crippen LogP) is 6.48. The third kappa shape index (κ3) is 5.83. The Balaban J connectivity index is 1.82. The van der Waals surface area contributed by atoms with E-state index in [0.29, 0.717) is 48.1 Å². The number of carboxylic acids is 1. The van der Waals surface area contributed by atoms with E-state index in [9.17, 15) is 9.59 Å². The van der Waals surface area contributed by atoms with Crippen molar-refractivity contribution < 1.29 is 14.7 Å². The number of nitrogens with two attached hydrogens (primary N) is 1. The minimum atomic E-state index is -1.05. The van der Waals surface area contributed by atoms with Gasteiger partial charge in [-0.25, -0.2) is 9.97 Å². The summed E-state index contributed by atoms with van der Waals surface area (Å²) in [5.41, 5.74) is 12.7. The first-order valence-corrected chi connectivity index (χ1v) is 14.2. The van der Waals surface area contributed by atoms with Crippen LogP contribution in [0.5, 0.6) is 0 Å².